The molecule has 4 atom stereocenters. The van der Waals surface area contributed by atoms with Crippen molar-refractivity contribution in [2.24, 2.45) is 0 Å². The molecule has 14 heteroatoms. The van der Waals surface area contributed by atoms with E-state index in [-0.39, 0.29) is 62.1 Å². The summed E-state index contributed by atoms with van der Waals surface area (Å²) < 4.78 is 5.53. The number of ether oxygens (including phenoxy) is 1. The molecule has 4 aliphatic heterocycles. The van der Waals surface area contributed by atoms with Crippen molar-refractivity contribution >= 4 is 29.8 Å². The van der Waals surface area contributed by atoms with Crippen molar-refractivity contribution < 1.29 is 29.3 Å². The fourth-order valence-corrected chi connectivity index (χ4v) is 6.68. The Kier molecular flexibility index (Phi) is 7.18. The van der Waals surface area contributed by atoms with Gasteiger partial charge in [-0.1, -0.05) is 60.7 Å². The van der Waals surface area contributed by atoms with Gasteiger partial charge in [0, 0.05) is 25.3 Å². The number of nitrogens with one attached hydrogen (secondary N) is 6. The molecular weight excluding hydrogens is 556 g/mol. The van der Waals surface area contributed by atoms with Crippen LogP contribution in [-0.4, -0.2) is 99.1 Å². The van der Waals surface area contributed by atoms with Gasteiger partial charge in [-0.3, -0.25) is 25.3 Å². The van der Waals surface area contributed by atoms with Gasteiger partial charge in [0.25, 0.3) is 0 Å². The Labute approximate surface area is 247 Å². The minimum absolute atomic E-state index is 0.00945. The van der Waals surface area contributed by atoms with Crippen LogP contribution in [0.15, 0.2) is 60.7 Å². The third kappa shape index (κ3) is 4.81. The molecule has 43 heavy (non-hydrogen) atoms. The second kappa shape index (κ2) is 10.9. The molecule has 2 unspecified atom stereocenters. The van der Waals surface area contributed by atoms with Crippen LogP contribution in [-0.2, 0) is 14.3 Å². The molecular formula is C29H34N8O6. The van der Waals surface area contributed by atoms with Crippen molar-refractivity contribution in [1.29, 1.82) is 10.8 Å². The van der Waals surface area contributed by atoms with Crippen molar-refractivity contribution in [2.45, 2.75) is 54.8 Å². The standard InChI is InChI=1S/C29H34N8O6/c30-25-34-24-20(15-36-22(38)11-12-23(36)39)33-26(31)37-16-21(29(41,42)28(24,37)35-25)43-27(40)32-14-13-19(17-7-3-1-4-8-17)18-9-5-2-6-10-18/h1-10,19-21,24,41-42H,11-16H2,(H2,31,33)(H,32,40)(H3,30,34,35)/t20-,21-,24?,28?/m0/s1. The summed E-state index contributed by atoms with van der Waals surface area (Å²) in [6, 6.07) is 18.0. The van der Waals surface area contributed by atoms with E-state index in [0.717, 1.165) is 16.0 Å². The van der Waals surface area contributed by atoms with Crippen LogP contribution in [0.5, 0.6) is 0 Å². The molecule has 0 aliphatic carbocycles. The zero-order valence-corrected chi connectivity index (χ0v) is 23.2. The van der Waals surface area contributed by atoms with E-state index in [9.17, 15) is 24.6 Å². The molecule has 0 bridgehead atoms. The summed E-state index contributed by atoms with van der Waals surface area (Å²) in [6.07, 6.45) is -1.65. The smallest absolute Gasteiger partial charge is 0.407 e. The van der Waals surface area contributed by atoms with Gasteiger partial charge < -0.3 is 41.1 Å². The molecule has 0 saturated carbocycles. The van der Waals surface area contributed by atoms with E-state index in [1.54, 1.807) is 0 Å². The number of rotatable bonds is 8. The minimum Gasteiger partial charge on any atom is -0.438 e. The van der Waals surface area contributed by atoms with Gasteiger partial charge in [0.15, 0.2) is 23.7 Å². The number of aliphatic hydroxyl groups is 2. The SMILES string of the molecule is N=C1NC2[C@H](CN3C(=O)CCC3=O)NC(=N)N3C[C@H](OC(=O)NCCC(c4ccccc4)c4ccccc4)C(O)(O)C23N1. The summed E-state index contributed by atoms with van der Waals surface area (Å²) in [5.74, 6) is -3.97. The van der Waals surface area contributed by atoms with Crippen LogP contribution in [0.2, 0.25) is 0 Å². The Morgan fingerprint density at radius 1 is 1.00 bits per heavy atom. The molecule has 2 aromatic carbocycles. The molecule has 14 nitrogen and oxygen atoms in total. The minimum atomic E-state index is -2.77. The second-order valence-electron chi connectivity index (χ2n) is 11.2. The average Bonchev–Trinajstić information content (AvgIpc) is 3.59. The monoisotopic (exact) mass is 590 g/mol. The summed E-state index contributed by atoms with van der Waals surface area (Å²) >= 11 is 0. The summed E-state index contributed by atoms with van der Waals surface area (Å²) in [6.45, 7) is -0.173. The first-order valence-electron chi connectivity index (χ1n) is 14.2. The van der Waals surface area contributed by atoms with Crippen LogP contribution in [0.25, 0.3) is 0 Å². The highest BCUT2D eigenvalue weighted by atomic mass is 16.6. The molecule has 4 saturated heterocycles. The predicted molar refractivity (Wildman–Crippen MR) is 153 cm³/mol. The first-order valence-corrected chi connectivity index (χ1v) is 14.2. The van der Waals surface area contributed by atoms with E-state index < -0.39 is 35.7 Å². The van der Waals surface area contributed by atoms with Gasteiger partial charge in [0.2, 0.25) is 17.6 Å². The Balaban J connectivity index is 1.15. The number of likely N-dealkylation sites (tertiary alicyclic amines) is 1. The van der Waals surface area contributed by atoms with E-state index in [1.807, 2.05) is 60.7 Å². The maximum atomic E-state index is 12.9. The number of amides is 3. The number of hydrogen-bond acceptors (Lipinski definition) is 8. The largest absolute Gasteiger partial charge is 0.438 e. The molecule has 4 fully saturated rings. The van der Waals surface area contributed by atoms with Gasteiger partial charge in [0.1, 0.15) is 0 Å². The van der Waals surface area contributed by atoms with E-state index in [0.29, 0.717) is 6.42 Å². The molecule has 8 N–H and O–H groups in total. The first kappa shape index (κ1) is 28.4. The van der Waals surface area contributed by atoms with Crippen molar-refractivity contribution in [1.82, 2.24) is 31.1 Å². The molecule has 0 radical (unpaired) electrons. The van der Waals surface area contributed by atoms with Gasteiger partial charge in [0.05, 0.1) is 25.2 Å². The Morgan fingerprint density at radius 3 is 2.21 bits per heavy atom. The van der Waals surface area contributed by atoms with Crippen LogP contribution in [0, 0.1) is 10.8 Å². The van der Waals surface area contributed by atoms with Crippen molar-refractivity contribution in [3.63, 3.8) is 0 Å². The number of carbonyl (C=O) groups is 3. The zero-order valence-electron chi connectivity index (χ0n) is 23.2. The van der Waals surface area contributed by atoms with E-state index >= 15 is 0 Å². The van der Waals surface area contributed by atoms with Crippen LogP contribution < -0.4 is 21.3 Å². The summed E-state index contributed by atoms with van der Waals surface area (Å²) in [7, 11) is 0. The highest BCUT2D eigenvalue weighted by Gasteiger charge is 2.75. The number of imide groups is 1. The van der Waals surface area contributed by atoms with Gasteiger partial charge >= 0.3 is 6.09 Å². The Morgan fingerprint density at radius 2 is 1.60 bits per heavy atom. The van der Waals surface area contributed by atoms with Crippen LogP contribution in [0.3, 0.4) is 0 Å². The summed E-state index contributed by atoms with van der Waals surface area (Å²) in [4.78, 5) is 39.9. The second-order valence-corrected chi connectivity index (χ2v) is 11.2. The number of alkyl carbamates (subject to hydrolysis) is 1. The van der Waals surface area contributed by atoms with Gasteiger partial charge in [-0.05, 0) is 17.5 Å². The highest BCUT2D eigenvalue weighted by molar-refractivity contribution is 6.02. The summed E-state index contributed by atoms with van der Waals surface area (Å²) in [5, 5.41) is 51.1. The van der Waals surface area contributed by atoms with Crippen molar-refractivity contribution in [2.75, 3.05) is 19.6 Å². The van der Waals surface area contributed by atoms with Crippen molar-refractivity contribution in [3.05, 3.63) is 71.8 Å². The molecule has 3 amide bonds. The molecule has 4 heterocycles. The lowest BCUT2D eigenvalue weighted by Gasteiger charge is -2.51. The number of nitrogens with zero attached hydrogens (tertiary/aromatic N) is 2. The molecule has 0 aromatic heterocycles. The molecule has 1 spiro atoms. The maximum Gasteiger partial charge on any atom is 0.407 e. The summed E-state index contributed by atoms with van der Waals surface area (Å²) in [5.41, 5.74) is 0.289. The number of benzene rings is 2. The molecule has 2 aromatic rings. The molecule has 4 aliphatic rings. The Bertz CT molecular complexity index is 1380. The van der Waals surface area contributed by atoms with Gasteiger partial charge in [-0.15, -0.1) is 0 Å². The highest BCUT2D eigenvalue weighted by Crippen LogP contribution is 2.44. The van der Waals surface area contributed by atoms with E-state index in [1.165, 1.54) is 4.90 Å². The lowest BCUT2D eigenvalue weighted by molar-refractivity contribution is -0.257. The quantitative estimate of drug-likeness (QED) is 0.147. The third-order valence-electron chi connectivity index (χ3n) is 8.73. The van der Waals surface area contributed by atoms with Crippen LogP contribution >= 0.6 is 0 Å². The normalized spacial score (nSPS) is 27.4. The number of hydrogen-bond donors (Lipinski definition) is 8. The lowest BCUT2D eigenvalue weighted by Crippen LogP contribution is -2.81. The maximum absolute atomic E-state index is 12.9. The predicted octanol–water partition coefficient (Wildman–Crippen LogP) is -0.452. The molecule has 226 valence electrons. The van der Waals surface area contributed by atoms with Crippen LogP contribution in [0.4, 0.5) is 4.79 Å². The topological polar surface area (TPSA) is 203 Å². The molecule has 6 rings (SSSR count). The number of guanidine groups is 2. The zero-order chi connectivity index (χ0) is 30.4. The van der Waals surface area contributed by atoms with Gasteiger partial charge in [-0.25, -0.2) is 4.79 Å². The fourth-order valence-electron chi connectivity index (χ4n) is 6.68. The lowest BCUT2D eigenvalue weighted by atomic mass is 9.85. The van der Waals surface area contributed by atoms with Crippen LogP contribution in [0.1, 0.15) is 36.3 Å². The van der Waals surface area contributed by atoms with Gasteiger partial charge in [-0.2, -0.15) is 0 Å². The van der Waals surface area contributed by atoms with E-state index in [4.69, 9.17) is 15.6 Å². The Hall–Kier alpha value is -4.69. The number of carbonyl (C=O) groups excluding carboxylic acids is 3. The fraction of sp³-hybridized carbons (Fsp3) is 0.414. The third-order valence-corrected chi connectivity index (χ3v) is 8.73. The van der Waals surface area contributed by atoms with E-state index in [2.05, 4.69) is 21.3 Å². The first-order chi connectivity index (χ1) is 20.6. The van der Waals surface area contributed by atoms with Crippen molar-refractivity contribution in [3.8, 4) is 0 Å². The average molecular weight is 591 g/mol.